The first kappa shape index (κ1) is 27.5. The lowest BCUT2D eigenvalue weighted by atomic mass is 9.70. The number of rotatable bonds is 5. The molecule has 3 aliphatic rings. The number of halogens is 1. The summed E-state index contributed by atoms with van der Waals surface area (Å²) in [5.74, 6) is -0.268. The van der Waals surface area contributed by atoms with E-state index in [2.05, 4.69) is 20.6 Å². The Morgan fingerprint density at radius 1 is 1.23 bits per heavy atom. The smallest absolute Gasteiger partial charge is 0.252 e. The first-order chi connectivity index (χ1) is 20.7. The van der Waals surface area contributed by atoms with Gasteiger partial charge in [0.05, 0.1) is 47.0 Å². The molecule has 1 spiro atoms. The zero-order valence-corrected chi connectivity index (χ0v) is 24.4. The molecule has 222 valence electrons. The van der Waals surface area contributed by atoms with E-state index in [0.29, 0.717) is 42.8 Å². The minimum atomic E-state index is -0.819. The van der Waals surface area contributed by atoms with Crippen LogP contribution in [0.1, 0.15) is 69.8 Å². The van der Waals surface area contributed by atoms with Gasteiger partial charge >= 0.3 is 0 Å². The number of hydrogen-bond donors (Lipinski definition) is 2. The van der Waals surface area contributed by atoms with Crippen molar-refractivity contribution < 1.29 is 18.7 Å². The first-order valence-corrected chi connectivity index (χ1v) is 14.9. The summed E-state index contributed by atoms with van der Waals surface area (Å²) in [6.45, 7) is 6.42. The number of carbonyl (C=O) groups excluding carboxylic acids is 2. The third kappa shape index (κ3) is 4.53. The summed E-state index contributed by atoms with van der Waals surface area (Å²) in [7, 11) is 0. The summed E-state index contributed by atoms with van der Waals surface area (Å²) < 4.78 is 22.8. The van der Waals surface area contributed by atoms with Gasteiger partial charge in [0.1, 0.15) is 11.6 Å². The van der Waals surface area contributed by atoms with Gasteiger partial charge in [-0.3, -0.25) is 14.6 Å². The molecule has 2 saturated heterocycles. The lowest BCUT2D eigenvalue weighted by Gasteiger charge is -2.44. The average molecular weight is 584 g/mol. The molecule has 3 aliphatic heterocycles. The van der Waals surface area contributed by atoms with Crippen LogP contribution < -0.4 is 10.6 Å². The number of piperidine rings is 1. The van der Waals surface area contributed by atoms with Crippen LogP contribution in [0.2, 0.25) is 0 Å². The zero-order valence-electron chi connectivity index (χ0n) is 24.4. The highest BCUT2D eigenvalue weighted by molar-refractivity contribution is 6.06. The molecule has 7 rings (SSSR count). The number of aromatic nitrogens is 4. The molecule has 2 amide bonds. The highest BCUT2D eigenvalue weighted by Gasteiger charge is 2.53. The Bertz CT molecular complexity index is 1740. The second-order valence-electron chi connectivity index (χ2n) is 12.1. The van der Waals surface area contributed by atoms with Crippen LogP contribution in [0.15, 0.2) is 55.1 Å². The quantitative estimate of drug-likeness (QED) is 0.323. The molecule has 2 fully saturated rings. The van der Waals surface area contributed by atoms with Crippen molar-refractivity contribution in [1.82, 2.24) is 24.4 Å². The molecule has 0 aliphatic carbocycles. The molecule has 0 radical (unpaired) electrons. The highest BCUT2D eigenvalue weighted by Crippen LogP contribution is 2.50. The molecule has 6 heterocycles. The molecule has 3 aromatic heterocycles. The van der Waals surface area contributed by atoms with Gasteiger partial charge in [-0.15, -0.1) is 0 Å². The van der Waals surface area contributed by atoms with Crippen molar-refractivity contribution in [2.24, 2.45) is 0 Å². The Kier molecular flexibility index (Phi) is 6.65. The Hall–Kier alpha value is -4.38. The van der Waals surface area contributed by atoms with Gasteiger partial charge in [0.15, 0.2) is 11.6 Å². The molecule has 4 atom stereocenters. The molecule has 0 saturated carbocycles. The monoisotopic (exact) mass is 583 g/mol. The van der Waals surface area contributed by atoms with Crippen molar-refractivity contribution >= 4 is 40.0 Å². The maximum absolute atomic E-state index is 14.8. The van der Waals surface area contributed by atoms with Crippen molar-refractivity contribution in [3.63, 3.8) is 0 Å². The van der Waals surface area contributed by atoms with E-state index in [4.69, 9.17) is 9.72 Å². The standard InChI is InChI=1S/C32H34FN7O3/c1-18(2)40-17-35-25-14-24(37-29(28(25)40)36-23-10-12-34-16-21(23)33)26-15-32(20-6-4-5-7-22(20)38-31(32)42)11-13-39(26)30(41)27-9-8-19(3)43-27/h4-7,10,12,14,16-19,26-27H,8-9,11,13,15H2,1-3H3,(H,38,42)(H,34,36,37)/t19-,26-,27-,32?/m1/s1. The number of imidazole rings is 1. The van der Waals surface area contributed by atoms with Gasteiger partial charge in [0.25, 0.3) is 5.91 Å². The lowest BCUT2D eigenvalue weighted by molar-refractivity contribution is -0.149. The first-order valence-electron chi connectivity index (χ1n) is 14.9. The van der Waals surface area contributed by atoms with Crippen LogP contribution in [0.25, 0.3) is 11.0 Å². The number of ether oxygens (including phenoxy) is 1. The van der Waals surface area contributed by atoms with Gasteiger partial charge in [-0.05, 0) is 70.2 Å². The number of para-hydroxylation sites is 1. The van der Waals surface area contributed by atoms with Crippen molar-refractivity contribution in [2.45, 2.75) is 76.2 Å². The number of nitrogens with zero attached hydrogens (tertiary/aromatic N) is 5. The van der Waals surface area contributed by atoms with Crippen LogP contribution in [0.3, 0.4) is 0 Å². The predicted octanol–water partition coefficient (Wildman–Crippen LogP) is 5.41. The van der Waals surface area contributed by atoms with Crippen LogP contribution in [0.5, 0.6) is 0 Å². The van der Waals surface area contributed by atoms with Gasteiger partial charge in [-0.25, -0.2) is 14.4 Å². The van der Waals surface area contributed by atoms with Crippen molar-refractivity contribution in [3.05, 3.63) is 72.2 Å². The van der Waals surface area contributed by atoms with Crippen molar-refractivity contribution in [2.75, 3.05) is 17.2 Å². The Morgan fingerprint density at radius 3 is 2.84 bits per heavy atom. The second-order valence-corrected chi connectivity index (χ2v) is 12.1. The molecule has 11 heteroatoms. The van der Waals surface area contributed by atoms with Gasteiger partial charge in [-0.1, -0.05) is 18.2 Å². The Labute approximate surface area is 248 Å². The summed E-state index contributed by atoms with van der Waals surface area (Å²) in [4.78, 5) is 43.1. The normalized spacial score (nSPS) is 25.0. The summed E-state index contributed by atoms with van der Waals surface area (Å²) in [5.41, 5.74) is 3.09. The van der Waals surface area contributed by atoms with E-state index in [1.54, 1.807) is 12.4 Å². The SMILES string of the molecule is CC(C)n1cnc2cc([C@H]3CC4(CCN3C(=O)[C@H]3CC[C@@H](C)O3)C(=O)Nc3ccccc34)nc(Nc3ccncc3F)c21. The fourth-order valence-corrected chi connectivity index (χ4v) is 6.86. The average Bonchev–Trinajstić information content (AvgIpc) is 3.70. The van der Waals surface area contributed by atoms with Crippen LogP contribution in [-0.2, 0) is 19.7 Å². The topological polar surface area (TPSA) is 114 Å². The third-order valence-corrected chi connectivity index (χ3v) is 9.11. The Balaban J connectivity index is 1.37. The van der Waals surface area contributed by atoms with Crippen molar-refractivity contribution in [3.8, 4) is 0 Å². The van der Waals surface area contributed by atoms with E-state index in [1.165, 1.54) is 6.20 Å². The molecular weight excluding hydrogens is 549 g/mol. The number of hydrogen-bond acceptors (Lipinski definition) is 7. The molecule has 43 heavy (non-hydrogen) atoms. The van der Waals surface area contributed by atoms with E-state index in [0.717, 1.165) is 29.4 Å². The molecule has 2 N–H and O–H groups in total. The minimum Gasteiger partial charge on any atom is -0.365 e. The van der Waals surface area contributed by atoms with E-state index in [9.17, 15) is 14.0 Å². The maximum atomic E-state index is 14.8. The van der Waals surface area contributed by atoms with E-state index in [-0.39, 0.29) is 29.6 Å². The maximum Gasteiger partial charge on any atom is 0.252 e. The molecular formula is C32H34FN7O3. The molecule has 4 aromatic rings. The number of anilines is 3. The van der Waals surface area contributed by atoms with Crippen molar-refractivity contribution in [1.29, 1.82) is 0 Å². The number of likely N-dealkylation sites (tertiary alicyclic amines) is 1. The fraction of sp³-hybridized carbons (Fsp3) is 0.406. The summed E-state index contributed by atoms with van der Waals surface area (Å²) >= 11 is 0. The van der Waals surface area contributed by atoms with E-state index in [1.807, 2.05) is 60.6 Å². The molecule has 0 bridgehead atoms. The number of fused-ring (bicyclic) bond motifs is 3. The van der Waals surface area contributed by atoms with Crippen LogP contribution in [0, 0.1) is 5.82 Å². The number of nitrogens with one attached hydrogen (secondary N) is 2. The highest BCUT2D eigenvalue weighted by atomic mass is 19.1. The predicted molar refractivity (Wildman–Crippen MR) is 159 cm³/mol. The van der Waals surface area contributed by atoms with E-state index >= 15 is 0 Å². The molecule has 1 aromatic carbocycles. The second kappa shape index (κ2) is 10.4. The fourth-order valence-electron chi connectivity index (χ4n) is 6.86. The van der Waals surface area contributed by atoms with Crippen LogP contribution in [-0.4, -0.2) is 55.0 Å². The third-order valence-electron chi connectivity index (χ3n) is 9.11. The number of pyridine rings is 2. The molecule has 1 unspecified atom stereocenters. The van der Waals surface area contributed by atoms with E-state index < -0.39 is 23.4 Å². The van der Waals surface area contributed by atoms with Gasteiger partial charge < -0.3 is 24.8 Å². The Morgan fingerprint density at radius 2 is 2.07 bits per heavy atom. The number of carbonyl (C=O) groups is 2. The van der Waals surface area contributed by atoms with Crippen LogP contribution in [0.4, 0.5) is 21.6 Å². The lowest BCUT2D eigenvalue weighted by Crippen LogP contribution is -2.52. The summed E-state index contributed by atoms with van der Waals surface area (Å²) in [6.07, 6.45) is 6.17. The number of amides is 2. The summed E-state index contributed by atoms with van der Waals surface area (Å²) in [5, 5.41) is 6.24. The zero-order chi connectivity index (χ0) is 29.9. The summed E-state index contributed by atoms with van der Waals surface area (Å²) in [6, 6.07) is 10.7. The van der Waals surface area contributed by atoms with Gasteiger partial charge in [-0.2, -0.15) is 0 Å². The van der Waals surface area contributed by atoms with Crippen LogP contribution >= 0.6 is 0 Å². The number of benzene rings is 1. The van der Waals surface area contributed by atoms with Gasteiger partial charge in [0, 0.05) is 24.5 Å². The minimum absolute atomic E-state index is 0.0107. The molecule has 10 nitrogen and oxygen atoms in total. The van der Waals surface area contributed by atoms with Gasteiger partial charge in [0.2, 0.25) is 5.91 Å². The largest absolute Gasteiger partial charge is 0.365 e.